The Kier molecular flexibility index (Phi) is 4.21. The van der Waals surface area contributed by atoms with Crippen LogP contribution in [0.4, 0.5) is 22.0 Å². The maximum Gasteiger partial charge on any atom is 0.501 e. The van der Waals surface area contributed by atoms with E-state index in [0.717, 1.165) is 0 Å². The highest BCUT2D eigenvalue weighted by molar-refractivity contribution is 7.92. The number of aliphatic hydroxyl groups excluding tert-OH is 3. The van der Waals surface area contributed by atoms with Crippen molar-refractivity contribution in [1.29, 1.82) is 0 Å². The van der Waals surface area contributed by atoms with Gasteiger partial charge in [0.05, 0.1) is 11.5 Å². The Morgan fingerprint density at radius 1 is 1.30 bits per heavy atom. The Balaban J connectivity index is 2.79. The molecule has 1 aliphatic carbocycles. The molecular weight excluding hydrogens is 351 g/mol. The van der Waals surface area contributed by atoms with Gasteiger partial charge in [0.1, 0.15) is 12.2 Å². The van der Waals surface area contributed by atoms with E-state index in [1.807, 2.05) is 0 Å². The SMILES string of the molecule is O=S(=O)(c1ccc(C(O)CO)c2c1[C@H](O)C(F)(F)C2)C(F)(F)F. The summed E-state index contributed by atoms with van der Waals surface area (Å²) < 4.78 is 88.5. The smallest absolute Gasteiger partial charge is 0.393 e. The van der Waals surface area contributed by atoms with Gasteiger partial charge in [-0.1, -0.05) is 6.07 Å². The van der Waals surface area contributed by atoms with Gasteiger partial charge in [-0.3, -0.25) is 0 Å². The number of fused-ring (bicyclic) bond motifs is 1. The molecule has 1 aliphatic rings. The van der Waals surface area contributed by atoms with Gasteiger partial charge in [0.15, 0.2) is 0 Å². The number of hydrogen-bond acceptors (Lipinski definition) is 5. The minimum atomic E-state index is -5.97. The molecule has 0 amide bonds. The average molecular weight is 362 g/mol. The molecule has 0 bridgehead atoms. The van der Waals surface area contributed by atoms with Crippen LogP contribution in [0.25, 0.3) is 0 Å². The number of alkyl halides is 5. The van der Waals surface area contributed by atoms with Crippen LogP contribution in [0.1, 0.15) is 28.9 Å². The Morgan fingerprint density at radius 2 is 1.87 bits per heavy atom. The second-order valence-corrected chi connectivity index (χ2v) is 6.94. The highest BCUT2D eigenvalue weighted by atomic mass is 32.2. The molecule has 0 aliphatic heterocycles. The van der Waals surface area contributed by atoms with Gasteiger partial charge in [-0.25, -0.2) is 17.2 Å². The molecule has 5 nitrogen and oxygen atoms in total. The predicted molar refractivity (Wildman–Crippen MR) is 65.3 cm³/mol. The fourth-order valence-corrected chi connectivity index (χ4v) is 3.49. The van der Waals surface area contributed by atoms with Crippen LogP contribution < -0.4 is 0 Å². The number of halogens is 5. The van der Waals surface area contributed by atoms with Gasteiger partial charge >= 0.3 is 5.51 Å². The Hall–Kier alpha value is -1.30. The zero-order valence-electron chi connectivity index (χ0n) is 11.2. The topological polar surface area (TPSA) is 94.8 Å². The predicted octanol–water partition coefficient (Wildman–Crippen LogP) is 1.23. The molecule has 1 aromatic rings. The largest absolute Gasteiger partial charge is 0.501 e. The van der Waals surface area contributed by atoms with Crippen molar-refractivity contribution in [2.45, 2.75) is 35.0 Å². The van der Waals surface area contributed by atoms with Gasteiger partial charge in [-0.2, -0.15) is 13.2 Å². The summed E-state index contributed by atoms with van der Waals surface area (Å²) in [6.07, 6.45) is -5.72. The molecule has 23 heavy (non-hydrogen) atoms. The van der Waals surface area contributed by atoms with Gasteiger partial charge in [-0.05, 0) is 17.2 Å². The molecule has 0 aromatic heterocycles. The molecule has 0 heterocycles. The van der Waals surface area contributed by atoms with Crippen LogP contribution in [0.2, 0.25) is 0 Å². The Bertz CT molecular complexity index is 728. The second kappa shape index (κ2) is 5.36. The summed E-state index contributed by atoms with van der Waals surface area (Å²) in [4.78, 5) is -1.49. The number of hydrogen-bond donors (Lipinski definition) is 3. The number of aliphatic hydroxyl groups is 3. The highest BCUT2D eigenvalue weighted by Crippen LogP contribution is 2.49. The van der Waals surface area contributed by atoms with Crippen LogP contribution in [0.5, 0.6) is 0 Å². The molecular formula is C12H11F5O5S. The van der Waals surface area contributed by atoms with Gasteiger partial charge in [-0.15, -0.1) is 0 Å². The van der Waals surface area contributed by atoms with Crippen molar-refractivity contribution >= 4 is 9.84 Å². The fraction of sp³-hybridized carbons (Fsp3) is 0.500. The zero-order valence-corrected chi connectivity index (χ0v) is 12.0. The lowest BCUT2D eigenvalue weighted by molar-refractivity contribution is -0.0978. The van der Waals surface area contributed by atoms with Gasteiger partial charge in [0.2, 0.25) is 0 Å². The summed E-state index contributed by atoms with van der Waals surface area (Å²) in [5.41, 5.74) is -7.82. The standard InChI is InChI=1S/C12H11F5O5S/c13-11(14)3-6-5(7(19)4-18)1-2-8(9(6)10(11)20)23(21,22)12(15,16)17/h1-2,7,10,18-20H,3-4H2/t7?,10-/m0/s1. The van der Waals surface area contributed by atoms with Crippen LogP contribution >= 0.6 is 0 Å². The average Bonchev–Trinajstić information content (AvgIpc) is 2.66. The summed E-state index contributed by atoms with van der Waals surface area (Å²) in [5, 5.41) is 28.0. The van der Waals surface area contributed by atoms with Crippen molar-refractivity contribution in [2.75, 3.05) is 6.61 Å². The maximum atomic E-state index is 13.7. The first-order valence-electron chi connectivity index (χ1n) is 6.16. The van der Waals surface area contributed by atoms with Crippen molar-refractivity contribution in [2.24, 2.45) is 0 Å². The third kappa shape index (κ3) is 2.71. The molecule has 0 saturated heterocycles. The molecule has 3 N–H and O–H groups in total. The monoisotopic (exact) mass is 362 g/mol. The first-order valence-corrected chi connectivity index (χ1v) is 7.64. The summed E-state index contributed by atoms with van der Waals surface area (Å²) in [6.45, 7) is -0.917. The second-order valence-electron chi connectivity index (χ2n) is 5.03. The summed E-state index contributed by atoms with van der Waals surface area (Å²) in [6, 6.07) is 1.10. The highest BCUT2D eigenvalue weighted by Gasteiger charge is 2.54. The van der Waals surface area contributed by atoms with E-state index in [2.05, 4.69) is 0 Å². The number of benzene rings is 1. The molecule has 0 saturated carbocycles. The van der Waals surface area contributed by atoms with Crippen LogP contribution in [-0.2, 0) is 16.3 Å². The van der Waals surface area contributed by atoms with Gasteiger partial charge in [0.25, 0.3) is 15.8 Å². The van der Waals surface area contributed by atoms with Crippen molar-refractivity contribution in [1.82, 2.24) is 0 Å². The van der Waals surface area contributed by atoms with E-state index >= 15 is 0 Å². The number of sulfone groups is 1. The molecule has 11 heteroatoms. The normalized spacial score (nSPS) is 22.0. The van der Waals surface area contributed by atoms with E-state index < -0.39 is 62.5 Å². The molecule has 2 rings (SSSR count). The van der Waals surface area contributed by atoms with E-state index in [9.17, 15) is 40.6 Å². The molecule has 1 aromatic carbocycles. The van der Waals surface area contributed by atoms with Gasteiger partial charge in [0, 0.05) is 12.0 Å². The maximum absolute atomic E-state index is 13.7. The van der Waals surface area contributed by atoms with Crippen LogP contribution in [0, 0.1) is 0 Å². The van der Waals surface area contributed by atoms with Gasteiger partial charge < -0.3 is 15.3 Å². The van der Waals surface area contributed by atoms with Crippen LogP contribution in [0.15, 0.2) is 17.0 Å². The van der Waals surface area contributed by atoms with Crippen molar-refractivity contribution in [3.63, 3.8) is 0 Å². The molecule has 130 valence electrons. The van der Waals surface area contributed by atoms with Crippen molar-refractivity contribution in [3.05, 3.63) is 28.8 Å². The lowest BCUT2D eigenvalue weighted by Gasteiger charge is -2.18. The van der Waals surface area contributed by atoms with E-state index in [4.69, 9.17) is 5.11 Å². The minimum Gasteiger partial charge on any atom is -0.393 e. The third-order valence-electron chi connectivity index (χ3n) is 3.57. The molecule has 2 atom stereocenters. The summed E-state index contributed by atoms with van der Waals surface area (Å²) >= 11 is 0. The Labute approximate surface area is 126 Å². The quantitative estimate of drug-likeness (QED) is 0.703. The lowest BCUT2D eigenvalue weighted by atomic mass is 9.99. The van der Waals surface area contributed by atoms with Crippen molar-refractivity contribution in [3.8, 4) is 0 Å². The molecule has 0 radical (unpaired) electrons. The third-order valence-corrected chi connectivity index (χ3v) is 5.11. The summed E-state index contributed by atoms with van der Waals surface area (Å²) in [7, 11) is -5.97. The molecule has 1 unspecified atom stereocenters. The molecule has 0 fully saturated rings. The van der Waals surface area contributed by atoms with Crippen LogP contribution in [0.3, 0.4) is 0 Å². The minimum absolute atomic E-state index is 0.361. The van der Waals surface area contributed by atoms with E-state index in [1.165, 1.54) is 0 Å². The van der Waals surface area contributed by atoms with E-state index in [1.54, 1.807) is 0 Å². The van der Waals surface area contributed by atoms with Crippen molar-refractivity contribution < 1.29 is 45.7 Å². The first-order chi connectivity index (χ1) is 10.3. The van der Waals surface area contributed by atoms with E-state index in [-0.39, 0.29) is 5.56 Å². The lowest BCUT2D eigenvalue weighted by Crippen LogP contribution is -2.26. The Morgan fingerprint density at radius 3 is 2.35 bits per heavy atom. The van der Waals surface area contributed by atoms with E-state index in [0.29, 0.717) is 12.1 Å². The first kappa shape index (κ1) is 18.0. The van der Waals surface area contributed by atoms with Crippen LogP contribution in [-0.4, -0.2) is 41.8 Å². The summed E-state index contributed by atoms with van der Waals surface area (Å²) in [5.74, 6) is -3.90. The molecule has 0 spiro atoms. The zero-order chi connectivity index (χ0) is 17.8. The number of rotatable bonds is 3. The fourth-order valence-electron chi connectivity index (χ4n) is 2.47.